The molecule has 90 valence electrons. The molecule has 0 aliphatic carbocycles. The van der Waals surface area contributed by atoms with Crippen LogP contribution in [-0.4, -0.2) is 20.3 Å². The largest absolute Gasteiger partial charge is 0.492 e. The highest BCUT2D eigenvalue weighted by Crippen LogP contribution is 2.27. The first-order chi connectivity index (χ1) is 7.65. The molecule has 0 bridgehead atoms. The van der Waals surface area contributed by atoms with Crippen molar-refractivity contribution in [3.05, 3.63) is 28.2 Å². The lowest BCUT2D eigenvalue weighted by atomic mass is 10.1. The van der Waals surface area contributed by atoms with Gasteiger partial charge in [0.25, 0.3) is 0 Å². The summed E-state index contributed by atoms with van der Waals surface area (Å²) in [4.78, 5) is 0. The summed E-state index contributed by atoms with van der Waals surface area (Å²) < 4.78 is 11.5. The van der Waals surface area contributed by atoms with Crippen LogP contribution in [0.15, 0.2) is 22.7 Å². The fourth-order valence-electron chi connectivity index (χ4n) is 1.30. The van der Waals surface area contributed by atoms with Crippen LogP contribution in [0.1, 0.15) is 24.9 Å². The van der Waals surface area contributed by atoms with E-state index in [1.807, 2.05) is 25.1 Å². The lowest BCUT2D eigenvalue weighted by molar-refractivity contribution is 0.172. The highest BCUT2D eigenvalue weighted by atomic mass is 79.9. The van der Waals surface area contributed by atoms with Crippen molar-refractivity contribution >= 4 is 15.9 Å². The molecule has 0 fully saturated rings. The number of benzene rings is 1. The average Bonchev–Trinajstić information content (AvgIpc) is 2.26. The molecule has 1 aromatic carbocycles. The predicted octanol–water partition coefficient (Wildman–Crippen LogP) is 2.88. The van der Waals surface area contributed by atoms with Gasteiger partial charge in [0.05, 0.1) is 11.1 Å². The summed E-state index contributed by atoms with van der Waals surface area (Å²) in [5.41, 5.74) is 6.89. The Bertz CT molecular complexity index is 329. The maximum Gasteiger partial charge on any atom is 0.133 e. The third-order valence-electron chi connectivity index (χ3n) is 2.23. The van der Waals surface area contributed by atoms with Gasteiger partial charge in [-0.25, -0.2) is 0 Å². The molecular weight excluding hydrogens is 270 g/mol. The fraction of sp³-hybridized carbons (Fsp3) is 0.500. The van der Waals surface area contributed by atoms with Crippen LogP contribution in [0.5, 0.6) is 5.75 Å². The van der Waals surface area contributed by atoms with E-state index in [9.17, 15) is 0 Å². The minimum Gasteiger partial charge on any atom is -0.492 e. The molecule has 0 aliphatic rings. The van der Waals surface area contributed by atoms with Crippen LogP contribution in [0.2, 0.25) is 0 Å². The number of rotatable bonds is 6. The first-order valence-corrected chi connectivity index (χ1v) is 6.11. The molecule has 1 rings (SSSR count). The second-order valence-corrected chi connectivity index (χ2v) is 4.53. The molecule has 1 aromatic rings. The third kappa shape index (κ3) is 4.12. The van der Waals surface area contributed by atoms with Crippen molar-refractivity contribution in [3.63, 3.8) is 0 Å². The zero-order valence-corrected chi connectivity index (χ0v) is 11.3. The Morgan fingerprint density at radius 2 is 2.12 bits per heavy atom. The quantitative estimate of drug-likeness (QED) is 0.819. The van der Waals surface area contributed by atoms with Crippen molar-refractivity contribution in [1.29, 1.82) is 0 Å². The fourth-order valence-corrected chi connectivity index (χ4v) is 1.81. The van der Waals surface area contributed by atoms with Gasteiger partial charge >= 0.3 is 0 Å². The summed E-state index contributed by atoms with van der Waals surface area (Å²) in [6.07, 6.45) is 0.887. The summed E-state index contributed by atoms with van der Waals surface area (Å²) in [5, 5.41) is 0. The van der Waals surface area contributed by atoms with Crippen molar-refractivity contribution in [3.8, 4) is 5.75 Å². The normalized spacial score (nSPS) is 12.5. The maximum absolute atomic E-state index is 5.79. The lowest BCUT2D eigenvalue weighted by Gasteiger charge is -2.11. The zero-order chi connectivity index (χ0) is 12.0. The summed E-state index contributed by atoms with van der Waals surface area (Å²) in [5.74, 6) is 0.848. The molecular formula is C12H18BrNO2. The molecule has 0 radical (unpaired) electrons. The van der Waals surface area contributed by atoms with E-state index in [4.69, 9.17) is 15.2 Å². The topological polar surface area (TPSA) is 44.5 Å². The van der Waals surface area contributed by atoms with Gasteiger partial charge in [-0.1, -0.05) is 6.07 Å². The molecule has 1 atom stereocenters. The minimum atomic E-state index is 0.0406. The Hall–Kier alpha value is -0.580. The van der Waals surface area contributed by atoms with E-state index >= 15 is 0 Å². The molecule has 0 saturated carbocycles. The van der Waals surface area contributed by atoms with E-state index in [0.717, 1.165) is 28.8 Å². The van der Waals surface area contributed by atoms with Crippen molar-refractivity contribution < 1.29 is 9.47 Å². The Labute approximate surface area is 105 Å². The van der Waals surface area contributed by atoms with Crippen molar-refractivity contribution in [2.75, 3.05) is 20.3 Å². The molecule has 2 N–H and O–H groups in total. The number of hydrogen-bond donors (Lipinski definition) is 1. The smallest absolute Gasteiger partial charge is 0.133 e. The van der Waals surface area contributed by atoms with Crippen LogP contribution in [-0.2, 0) is 4.74 Å². The number of hydrogen-bond acceptors (Lipinski definition) is 3. The Morgan fingerprint density at radius 3 is 2.69 bits per heavy atom. The molecule has 0 aromatic heterocycles. The van der Waals surface area contributed by atoms with Gasteiger partial charge in [0.1, 0.15) is 5.75 Å². The van der Waals surface area contributed by atoms with Gasteiger partial charge in [0.2, 0.25) is 0 Å². The molecule has 0 aliphatic heterocycles. The van der Waals surface area contributed by atoms with E-state index in [0.29, 0.717) is 6.61 Å². The highest BCUT2D eigenvalue weighted by Gasteiger charge is 2.05. The van der Waals surface area contributed by atoms with Crippen molar-refractivity contribution in [2.45, 2.75) is 19.4 Å². The van der Waals surface area contributed by atoms with Gasteiger partial charge < -0.3 is 15.2 Å². The van der Waals surface area contributed by atoms with Gasteiger partial charge in [-0.15, -0.1) is 0 Å². The first-order valence-electron chi connectivity index (χ1n) is 5.32. The molecule has 0 heterocycles. The van der Waals surface area contributed by atoms with Crippen molar-refractivity contribution in [1.82, 2.24) is 0 Å². The number of halogens is 1. The zero-order valence-electron chi connectivity index (χ0n) is 9.70. The first kappa shape index (κ1) is 13.5. The van der Waals surface area contributed by atoms with Gasteiger partial charge in [-0.3, -0.25) is 0 Å². The summed E-state index contributed by atoms with van der Waals surface area (Å²) >= 11 is 3.47. The second-order valence-electron chi connectivity index (χ2n) is 3.67. The molecule has 1 unspecified atom stereocenters. The molecule has 4 heteroatoms. The molecule has 0 spiro atoms. The molecule has 0 saturated heterocycles. The number of nitrogens with two attached hydrogens (primary N) is 1. The van der Waals surface area contributed by atoms with Crippen LogP contribution >= 0.6 is 15.9 Å². The predicted molar refractivity (Wildman–Crippen MR) is 68.7 cm³/mol. The Kier molecular flexibility index (Phi) is 5.80. The van der Waals surface area contributed by atoms with Gasteiger partial charge in [-0.2, -0.15) is 0 Å². The van der Waals surface area contributed by atoms with E-state index in [1.165, 1.54) is 0 Å². The van der Waals surface area contributed by atoms with Gasteiger partial charge in [0.15, 0.2) is 0 Å². The standard InChI is InChI=1S/C12H18BrNO2/c1-9(14)10-4-5-12(11(13)8-10)16-7-3-6-15-2/h4-5,8-9H,3,6-7,14H2,1-2H3. The summed E-state index contributed by atoms with van der Waals surface area (Å²) in [6.45, 7) is 3.33. The van der Waals surface area contributed by atoms with Gasteiger partial charge in [-0.05, 0) is 40.5 Å². The summed E-state index contributed by atoms with van der Waals surface area (Å²) in [6, 6.07) is 5.96. The van der Waals surface area contributed by atoms with Crippen LogP contribution in [0.4, 0.5) is 0 Å². The molecule has 3 nitrogen and oxygen atoms in total. The SMILES string of the molecule is COCCCOc1ccc(C(C)N)cc1Br. The monoisotopic (exact) mass is 287 g/mol. The van der Waals surface area contributed by atoms with Crippen LogP contribution in [0.3, 0.4) is 0 Å². The highest BCUT2D eigenvalue weighted by molar-refractivity contribution is 9.10. The van der Waals surface area contributed by atoms with Gasteiger partial charge in [0, 0.05) is 26.2 Å². The number of methoxy groups -OCH3 is 1. The van der Waals surface area contributed by atoms with E-state index in [2.05, 4.69) is 15.9 Å². The third-order valence-corrected chi connectivity index (χ3v) is 2.85. The van der Waals surface area contributed by atoms with E-state index in [1.54, 1.807) is 7.11 Å². The second kappa shape index (κ2) is 6.89. The van der Waals surface area contributed by atoms with E-state index in [-0.39, 0.29) is 6.04 Å². The Morgan fingerprint density at radius 1 is 1.38 bits per heavy atom. The summed E-state index contributed by atoms with van der Waals surface area (Å²) in [7, 11) is 1.69. The van der Waals surface area contributed by atoms with E-state index < -0.39 is 0 Å². The van der Waals surface area contributed by atoms with Crippen LogP contribution < -0.4 is 10.5 Å². The molecule has 0 amide bonds. The Balaban J connectivity index is 2.54. The average molecular weight is 288 g/mol. The van der Waals surface area contributed by atoms with Crippen molar-refractivity contribution in [2.24, 2.45) is 5.73 Å². The number of ether oxygens (including phenoxy) is 2. The van der Waals surface area contributed by atoms with Crippen LogP contribution in [0, 0.1) is 0 Å². The minimum absolute atomic E-state index is 0.0406. The lowest BCUT2D eigenvalue weighted by Crippen LogP contribution is -2.06. The molecule has 16 heavy (non-hydrogen) atoms. The maximum atomic E-state index is 5.79. The van der Waals surface area contributed by atoms with Crippen LogP contribution in [0.25, 0.3) is 0 Å².